The zero-order chi connectivity index (χ0) is 15.2. The summed E-state index contributed by atoms with van der Waals surface area (Å²) in [7, 11) is 0. The van der Waals surface area contributed by atoms with Crippen LogP contribution in [0.15, 0.2) is 48.5 Å². The molecule has 0 aliphatic heterocycles. The molecule has 0 radical (unpaired) electrons. The number of esters is 1. The zero-order valence-corrected chi connectivity index (χ0v) is 11.0. The average Bonchev–Trinajstić information content (AvgIpc) is 2.48. The van der Waals surface area contributed by atoms with E-state index >= 15 is 0 Å². The summed E-state index contributed by atoms with van der Waals surface area (Å²) >= 11 is 0. The summed E-state index contributed by atoms with van der Waals surface area (Å²) in [4.78, 5) is 21.4. The van der Waals surface area contributed by atoms with Gasteiger partial charge in [-0.2, -0.15) is 0 Å². The largest absolute Gasteiger partial charge is 0.461 e. The summed E-state index contributed by atoms with van der Waals surface area (Å²) in [5.41, 5.74) is 0.544. The van der Waals surface area contributed by atoms with Crippen LogP contribution in [0.3, 0.4) is 0 Å². The fraction of sp³-hybridized carbons (Fsp3) is 0.133. The van der Waals surface area contributed by atoms with Crippen molar-refractivity contribution in [2.24, 2.45) is 0 Å². The van der Waals surface area contributed by atoms with E-state index in [1.807, 2.05) is 18.2 Å². The molecule has 0 N–H and O–H groups in total. The number of carbonyl (C=O) groups is 1. The van der Waals surface area contributed by atoms with Crippen molar-refractivity contribution < 1.29 is 18.8 Å². The minimum Gasteiger partial charge on any atom is -0.461 e. The number of carbonyl (C=O) groups excluding carboxylic acids is 1. The number of ether oxygens (including phenoxy) is 1. The Morgan fingerprint density at radius 3 is 2.52 bits per heavy atom. The maximum Gasteiger partial charge on any atom is 0.310 e. The van der Waals surface area contributed by atoms with Gasteiger partial charge in [0.05, 0.1) is 17.4 Å². The third-order valence-corrected chi connectivity index (χ3v) is 2.82. The quantitative estimate of drug-likeness (QED) is 0.482. The predicted molar refractivity (Wildman–Crippen MR) is 73.0 cm³/mol. The first-order chi connectivity index (χ1) is 10.1. The molecule has 0 saturated heterocycles. The Labute approximate surface area is 120 Å². The highest BCUT2D eigenvalue weighted by atomic mass is 19.1. The standard InChI is InChI=1S/C15H12FNO4/c16-14-9-13(17(19)20)7-6-12(14)8-15(18)21-10-11-4-2-1-3-5-11/h1-7,9H,8,10H2. The number of halogens is 1. The Bertz CT molecular complexity index is 658. The van der Waals surface area contributed by atoms with Crippen molar-refractivity contribution in [3.05, 3.63) is 75.6 Å². The molecule has 0 aliphatic carbocycles. The smallest absolute Gasteiger partial charge is 0.310 e. The second-order valence-electron chi connectivity index (χ2n) is 4.36. The molecule has 108 valence electrons. The van der Waals surface area contributed by atoms with Gasteiger partial charge in [0.15, 0.2) is 0 Å². The van der Waals surface area contributed by atoms with Gasteiger partial charge in [-0.05, 0) is 17.2 Å². The molecular formula is C15H12FNO4. The fourth-order valence-corrected chi connectivity index (χ4v) is 1.74. The number of rotatable bonds is 5. The van der Waals surface area contributed by atoms with E-state index in [4.69, 9.17) is 4.74 Å². The van der Waals surface area contributed by atoms with Crippen LogP contribution in [0.2, 0.25) is 0 Å². The molecular weight excluding hydrogens is 277 g/mol. The summed E-state index contributed by atoms with van der Waals surface area (Å²) < 4.78 is 18.6. The van der Waals surface area contributed by atoms with Gasteiger partial charge in [0.1, 0.15) is 12.4 Å². The molecule has 2 aromatic carbocycles. The normalized spacial score (nSPS) is 10.1. The minimum absolute atomic E-state index is 0.0682. The van der Waals surface area contributed by atoms with Gasteiger partial charge in [0.2, 0.25) is 0 Å². The molecule has 0 amide bonds. The van der Waals surface area contributed by atoms with Crippen LogP contribution in [0.1, 0.15) is 11.1 Å². The second-order valence-corrected chi connectivity index (χ2v) is 4.36. The van der Waals surface area contributed by atoms with Gasteiger partial charge in [-0.15, -0.1) is 0 Å². The second kappa shape index (κ2) is 6.60. The molecule has 0 atom stereocenters. The molecule has 5 nitrogen and oxygen atoms in total. The van der Waals surface area contributed by atoms with E-state index in [-0.39, 0.29) is 24.3 Å². The fourth-order valence-electron chi connectivity index (χ4n) is 1.74. The molecule has 0 spiro atoms. The van der Waals surface area contributed by atoms with Gasteiger partial charge in [0.25, 0.3) is 5.69 Å². The number of non-ortho nitro benzene ring substituents is 1. The predicted octanol–water partition coefficient (Wildman–Crippen LogP) is 3.02. The number of nitro groups is 1. The van der Waals surface area contributed by atoms with Gasteiger partial charge in [-0.3, -0.25) is 14.9 Å². The summed E-state index contributed by atoms with van der Waals surface area (Å²) in [5.74, 6) is -1.38. The summed E-state index contributed by atoms with van der Waals surface area (Å²) in [6.07, 6.45) is -0.267. The van der Waals surface area contributed by atoms with Crippen LogP contribution in [-0.2, 0) is 22.6 Å². The monoisotopic (exact) mass is 289 g/mol. The van der Waals surface area contributed by atoms with Crippen molar-refractivity contribution in [2.45, 2.75) is 13.0 Å². The van der Waals surface area contributed by atoms with Gasteiger partial charge >= 0.3 is 5.97 Å². The maximum absolute atomic E-state index is 13.6. The highest BCUT2D eigenvalue weighted by Gasteiger charge is 2.14. The highest BCUT2D eigenvalue weighted by Crippen LogP contribution is 2.17. The van der Waals surface area contributed by atoms with Crippen molar-refractivity contribution in [3.8, 4) is 0 Å². The van der Waals surface area contributed by atoms with Crippen molar-refractivity contribution in [3.63, 3.8) is 0 Å². The molecule has 0 unspecified atom stereocenters. The molecule has 6 heteroatoms. The number of hydrogen-bond acceptors (Lipinski definition) is 4. The maximum atomic E-state index is 13.6. The van der Waals surface area contributed by atoms with E-state index in [1.165, 1.54) is 6.07 Å². The Kier molecular flexibility index (Phi) is 4.61. The Balaban J connectivity index is 1.95. The number of nitrogens with zero attached hydrogens (tertiary/aromatic N) is 1. The van der Waals surface area contributed by atoms with Crippen LogP contribution >= 0.6 is 0 Å². The molecule has 0 aromatic heterocycles. The molecule has 0 aliphatic rings. The van der Waals surface area contributed by atoms with E-state index in [1.54, 1.807) is 12.1 Å². The van der Waals surface area contributed by atoms with Crippen LogP contribution in [0.4, 0.5) is 10.1 Å². The number of nitro benzene ring substituents is 1. The van der Waals surface area contributed by atoms with Crippen LogP contribution in [0.5, 0.6) is 0 Å². The Hall–Kier alpha value is -2.76. The number of benzene rings is 2. The first-order valence-electron chi connectivity index (χ1n) is 6.18. The van der Waals surface area contributed by atoms with Crippen molar-refractivity contribution in [1.29, 1.82) is 0 Å². The molecule has 2 rings (SSSR count). The first-order valence-corrected chi connectivity index (χ1v) is 6.18. The van der Waals surface area contributed by atoms with Gasteiger partial charge in [-0.25, -0.2) is 4.39 Å². The van der Waals surface area contributed by atoms with E-state index in [9.17, 15) is 19.3 Å². The SMILES string of the molecule is O=C(Cc1ccc([N+](=O)[O-])cc1F)OCc1ccccc1. The van der Waals surface area contributed by atoms with Crippen LogP contribution in [-0.4, -0.2) is 10.9 Å². The molecule has 0 saturated carbocycles. The van der Waals surface area contributed by atoms with E-state index in [0.29, 0.717) is 0 Å². The zero-order valence-electron chi connectivity index (χ0n) is 11.0. The molecule has 0 fully saturated rings. The summed E-state index contributed by atoms with van der Waals surface area (Å²) in [6, 6.07) is 12.3. The summed E-state index contributed by atoms with van der Waals surface area (Å²) in [5, 5.41) is 10.5. The van der Waals surface area contributed by atoms with Crippen molar-refractivity contribution in [2.75, 3.05) is 0 Å². The van der Waals surface area contributed by atoms with Crippen LogP contribution in [0, 0.1) is 15.9 Å². The van der Waals surface area contributed by atoms with Gasteiger partial charge < -0.3 is 4.74 Å². The van der Waals surface area contributed by atoms with Gasteiger partial charge in [-0.1, -0.05) is 30.3 Å². The molecule has 0 heterocycles. The molecule has 0 bridgehead atoms. The third-order valence-electron chi connectivity index (χ3n) is 2.82. The lowest BCUT2D eigenvalue weighted by Crippen LogP contribution is -2.09. The highest BCUT2D eigenvalue weighted by molar-refractivity contribution is 5.72. The van der Waals surface area contributed by atoms with E-state index in [0.717, 1.165) is 17.7 Å². The first kappa shape index (κ1) is 14.6. The van der Waals surface area contributed by atoms with Crippen molar-refractivity contribution in [1.82, 2.24) is 0 Å². The topological polar surface area (TPSA) is 69.4 Å². The van der Waals surface area contributed by atoms with Gasteiger partial charge in [0, 0.05) is 6.07 Å². The average molecular weight is 289 g/mol. The minimum atomic E-state index is -0.791. The lowest BCUT2D eigenvalue weighted by atomic mass is 10.1. The van der Waals surface area contributed by atoms with Crippen LogP contribution in [0.25, 0.3) is 0 Å². The number of hydrogen-bond donors (Lipinski definition) is 0. The lowest BCUT2D eigenvalue weighted by molar-refractivity contribution is -0.385. The van der Waals surface area contributed by atoms with E-state index < -0.39 is 16.7 Å². The molecule has 2 aromatic rings. The van der Waals surface area contributed by atoms with E-state index in [2.05, 4.69) is 0 Å². The van der Waals surface area contributed by atoms with Crippen molar-refractivity contribution >= 4 is 11.7 Å². The molecule has 21 heavy (non-hydrogen) atoms. The lowest BCUT2D eigenvalue weighted by Gasteiger charge is -2.05. The summed E-state index contributed by atoms with van der Waals surface area (Å²) in [6.45, 7) is 0.105. The Morgan fingerprint density at radius 2 is 1.90 bits per heavy atom. The Morgan fingerprint density at radius 1 is 1.19 bits per heavy atom. The van der Waals surface area contributed by atoms with Crippen LogP contribution < -0.4 is 0 Å². The third kappa shape index (κ3) is 4.10.